The molecule has 2 aromatic rings. The second-order valence-electron chi connectivity index (χ2n) is 9.23. The molecule has 6 heteroatoms. The van der Waals surface area contributed by atoms with Crippen LogP contribution in [-0.2, 0) is 9.98 Å². The van der Waals surface area contributed by atoms with Gasteiger partial charge in [-0.05, 0) is 54.5 Å². The van der Waals surface area contributed by atoms with Gasteiger partial charge in [-0.2, -0.15) is 0 Å². The topological polar surface area (TPSA) is 69.7 Å². The van der Waals surface area contributed by atoms with E-state index in [1.54, 1.807) is 12.1 Å². The zero-order valence-electron chi connectivity index (χ0n) is 20.5. The monoisotopic (exact) mass is 458 g/mol. The fourth-order valence-electron chi connectivity index (χ4n) is 3.76. The van der Waals surface area contributed by atoms with Crippen LogP contribution in [0.5, 0.6) is 11.5 Å². The van der Waals surface area contributed by atoms with Gasteiger partial charge in [-0.25, -0.2) is 0 Å². The number of carbonyl (C=O) groups excluding carboxylic acids is 2. The third kappa shape index (κ3) is 5.15. The molecule has 0 fully saturated rings. The van der Waals surface area contributed by atoms with Crippen LogP contribution in [0.4, 0.5) is 0 Å². The Morgan fingerprint density at radius 2 is 1.53 bits per heavy atom. The van der Waals surface area contributed by atoms with Crippen molar-refractivity contribution in [3.05, 3.63) is 58.1 Å². The zero-order valence-corrected chi connectivity index (χ0v) is 21.4. The summed E-state index contributed by atoms with van der Waals surface area (Å²) in [7, 11) is -0.987. The van der Waals surface area contributed by atoms with Crippen molar-refractivity contribution in [1.29, 1.82) is 0 Å². The van der Waals surface area contributed by atoms with Crippen molar-refractivity contribution in [3.8, 4) is 11.5 Å². The van der Waals surface area contributed by atoms with Gasteiger partial charge in [0.15, 0.2) is 0 Å². The minimum atomic E-state index is -3.93. The quantitative estimate of drug-likeness (QED) is 0.388. The molecule has 5 nitrogen and oxygen atoms in total. The fourth-order valence-corrected chi connectivity index (χ4v) is 6.40. The molecule has 0 heterocycles. The molecule has 0 aliphatic carbocycles. The number of aryl methyl sites for hydroxylation is 2. The molecule has 174 valence electrons. The van der Waals surface area contributed by atoms with Crippen LogP contribution in [0.3, 0.4) is 0 Å². The molecule has 0 saturated carbocycles. The first kappa shape index (κ1) is 25.9. The molecule has 2 aromatic carbocycles. The molecule has 1 atom stereocenters. The van der Waals surface area contributed by atoms with Crippen molar-refractivity contribution in [1.82, 2.24) is 0 Å². The first-order chi connectivity index (χ1) is 14.9. The Balaban J connectivity index is 2.64. The van der Waals surface area contributed by atoms with Gasteiger partial charge in [0.05, 0.1) is 19.8 Å². The lowest BCUT2D eigenvalue weighted by atomic mass is 9.84. The number of methoxy groups -OCH3 is 2. The van der Waals surface area contributed by atoms with Crippen molar-refractivity contribution < 1.29 is 23.6 Å². The maximum Gasteiger partial charge on any atom is 0.232 e. The van der Waals surface area contributed by atoms with E-state index in [0.29, 0.717) is 17.7 Å². The Labute approximate surface area is 191 Å². The summed E-state index contributed by atoms with van der Waals surface area (Å²) >= 11 is 0. The lowest BCUT2D eigenvalue weighted by Gasteiger charge is -2.24. The predicted molar refractivity (Wildman–Crippen MR) is 130 cm³/mol. The van der Waals surface area contributed by atoms with Crippen molar-refractivity contribution in [2.45, 2.75) is 59.8 Å². The van der Waals surface area contributed by atoms with Gasteiger partial charge in [-0.1, -0.05) is 46.2 Å². The molecule has 0 aromatic heterocycles. The Morgan fingerprint density at radius 3 is 2.00 bits per heavy atom. The molecule has 32 heavy (non-hydrogen) atoms. The maximum atomic E-state index is 14.2. The first-order valence-electron chi connectivity index (χ1n) is 10.9. The molecule has 0 radical (unpaired) electrons. The highest BCUT2D eigenvalue weighted by atomic mass is 31.2. The molecule has 0 bridgehead atoms. The summed E-state index contributed by atoms with van der Waals surface area (Å²) in [6.45, 7) is 12.0. The fraction of sp³-hybridized carbons (Fsp3) is 0.462. The molecule has 2 rings (SSSR count). The summed E-state index contributed by atoms with van der Waals surface area (Å²) in [6, 6.07) is 8.62. The Kier molecular flexibility index (Phi) is 8.12. The average Bonchev–Trinajstić information content (AvgIpc) is 2.75. The van der Waals surface area contributed by atoms with E-state index in [-0.39, 0.29) is 22.9 Å². The van der Waals surface area contributed by atoms with Crippen LogP contribution >= 0.6 is 7.14 Å². The van der Waals surface area contributed by atoms with E-state index in [0.717, 1.165) is 23.1 Å². The van der Waals surface area contributed by atoms with E-state index in [4.69, 9.17) is 9.47 Å². The second kappa shape index (κ2) is 10.0. The van der Waals surface area contributed by atoms with Crippen LogP contribution in [0.1, 0.15) is 77.9 Å². The van der Waals surface area contributed by atoms with Crippen LogP contribution in [0.2, 0.25) is 0 Å². The predicted octanol–water partition coefficient (Wildman–Crippen LogP) is 6.76. The van der Waals surface area contributed by atoms with Gasteiger partial charge in [0, 0.05) is 17.8 Å². The van der Waals surface area contributed by atoms with Crippen LogP contribution in [0.25, 0.3) is 0 Å². The van der Waals surface area contributed by atoms with Gasteiger partial charge in [0.2, 0.25) is 18.2 Å². The first-order valence-corrected chi connectivity index (χ1v) is 12.8. The Hall–Kier alpha value is -2.39. The number of rotatable bonds is 9. The van der Waals surface area contributed by atoms with E-state index in [9.17, 15) is 14.2 Å². The number of hydrogen-bond acceptors (Lipinski definition) is 5. The molecule has 1 unspecified atom stereocenters. The van der Waals surface area contributed by atoms with Crippen LogP contribution in [-0.4, -0.2) is 31.4 Å². The second-order valence-corrected chi connectivity index (χ2v) is 12.0. The van der Waals surface area contributed by atoms with E-state index < -0.39 is 18.2 Å². The molecule has 0 aliphatic heterocycles. The van der Waals surface area contributed by atoms with Crippen molar-refractivity contribution in [3.63, 3.8) is 0 Å². The summed E-state index contributed by atoms with van der Waals surface area (Å²) < 4.78 is 24.8. The highest BCUT2D eigenvalue weighted by molar-refractivity contribution is 7.95. The maximum absolute atomic E-state index is 14.2. The van der Waals surface area contributed by atoms with E-state index in [1.807, 2.05) is 32.9 Å². The summed E-state index contributed by atoms with van der Waals surface area (Å²) in [5.41, 5.74) is 1.79. The number of hydrogen-bond donors (Lipinski definition) is 0. The van der Waals surface area contributed by atoms with Gasteiger partial charge < -0.3 is 14.0 Å². The summed E-state index contributed by atoms with van der Waals surface area (Å²) in [4.78, 5) is 27.4. The molecule has 0 amide bonds. The number of benzene rings is 2. The Bertz CT molecular complexity index is 1040. The zero-order chi connectivity index (χ0) is 24.3. The minimum Gasteiger partial charge on any atom is -0.497 e. The van der Waals surface area contributed by atoms with E-state index in [1.165, 1.54) is 20.3 Å². The third-order valence-corrected chi connectivity index (χ3v) is 8.46. The normalized spacial score (nSPS) is 13.4. The van der Waals surface area contributed by atoms with Crippen LogP contribution in [0.15, 0.2) is 30.3 Å². The highest BCUT2D eigenvalue weighted by Gasteiger charge is 2.42. The van der Waals surface area contributed by atoms with Crippen molar-refractivity contribution in [2.24, 2.45) is 0 Å². The average molecular weight is 459 g/mol. The molecule has 0 spiro atoms. The lowest BCUT2D eigenvalue weighted by Crippen LogP contribution is -2.18. The van der Waals surface area contributed by atoms with Gasteiger partial charge in [0.25, 0.3) is 0 Å². The van der Waals surface area contributed by atoms with Gasteiger partial charge in [-0.3, -0.25) is 9.59 Å². The SMILES string of the molecule is CCCCP(=O)(C(=O)c1ccc(OC)cc1OC)C(=O)c1c(C)cc(C(C)(C)C)cc1C. The smallest absolute Gasteiger partial charge is 0.232 e. The standard InChI is InChI=1S/C26H35O5P/c1-9-10-13-32(29,24(27)21-12-11-20(30-7)16-22(21)31-8)25(28)23-17(2)14-19(15-18(23)3)26(4,5)6/h11-12,14-16H,9-10,13H2,1-8H3. The number of carbonyl (C=O) groups is 2. The van der Waals surface area contributed by atoms with Crippen LogP contribution < -0.4 is 9.47 Å². The van der Waals surface area contributed by atoms with Crippen molar-refractivity contribution >= 4 is 18.2 Å². The minimum absolute atomic E-state index is 0.0379. The number of unbranched alkanes of at least 4 members (excludes halogenated alkanes) is 1. The molecular formula is C26H35O5P. The third-order valence-electron chi connectivity index (χ3n) is 5.73. The summed E-state index contributed by atoms with van der Waals surface area (Å²) in [6.07, 6.45) is 1.28. The van der Waals surface area contributed by atoms with Gasteiger partial charge >= 0.3 is 0 Å². The van der Waals surface area contributed by atoms with E-state index >= 15 is 0 Å². The Morgan fingerprint density at radius 1 is 0.938 bits per heavy atom. The largest absolute Gasteiger partial charge is 0.497 e. The molecule has 0 aliphatic rings. The van der Waals surface area contributed by atoms with E-state index in [2.05, 4.69) is 20.8 Å². The summed E-state index contributed by atoms with van der Waals surface area (Å²) in [5, 5.41) is 0. The summed E-state index contributed by atoms with van der Waals surface area (Å²) in [5.74, 6) is 0.757. The lowest BCUT2D eigenvalue weighted by molar-refractivity contribution is 0.103. The highest BCUT2D eigenvalue weighted by Crippen LogP contribution is 2.54. The van der Waals surface area contributed by atoms with Crippen molar-refractivity contribution in [2.75, 3.05) is 20.4 Å². The number of ether oxygens (including phenoxy) is 2. The van der Waals surface area contributed by atoms with Crippen LogP contribution in [0, 0.1) is 13.8 Å². The molecule has 0 saturated heterocycles. The van der Waals surface area contributed by atoms with Gasteiger partial charge in [-0.15, -0.1) is 0 Å². The molecular weight excluding hydrogens is 423 g/mol. The van der Waals surface area contributed by atoms with Gasteiger partial charge in [0.1, 0.15) is 11.5 Å². The molecule has 0 N–H and O–H groups in total.